The SMILES string of the molecule is COC1CN(S(=O)(=O)c2ccc(C#N)c(C)c2)CC1OC. The van der Waals surface area contributed by atoms with E-state index in [1.807, 2.05) is 6.07 Å². The molecule has 7 heteroatoms. The number of nitrogens with zero attached hydrogens (tertiary/aromatic N) is 2. The molecule has 1 saturated heterocycles. The first-order valence-electron chi connectivity index (χ1n) is 6.50. The average Bonchev–Trinajstić information content (AvgIpc) is 2.91. The molecule has 0 spiro atoms. The van der Waals surface area contributed by atoms with Gasteiger partial charge in [-0.15, -0.1) is 0 Å². The predicted octanol–water partition coefficient (Wildman–Crippen LogP) is 0.901. The maximum Gasteiger partial charge on any atom is 0.243 e. The first-order chi connectivity index (χ1) is 9.93. The van der Waals surface area contributed by atoms with Crippen LogP contribution in [0.15, 0.2) is 23.1 Å². The smallest absolute Gasteiger partial charge is 0.243 e. The molecule has 1 aliphatic heterocycles. The Hall–Kier alpha value is -1.46. The van der Waals surface area contributed by atoms with Crippen LogP contribution in [0.4, 0.5) is 0 Å². The van der Waals surface area contributed by atoms with Crippen LogP contribution in [0, 0.1) is 18.3 Å². The van der Waals surface area contributed by atoms with Crippen LogP contribution < -0.4 is 0 Å². The van der Waals surface area contributed by atoms with Crippen LogP contribution in [0.25, 0.3) is 0 Å². The molecule has 0 N–H and O–H groups in total. The molecule has 0 saturated carbocycles. The van der Waals surface area contributed by atoms with E-state index in [0.717, 1.165) is 0 Å². The highest BCUT2D eigenvalue weighted by atomic mass is 32.2. The Morgan fingerprint density at radius 2 is 1.81 bits per heavy atom. The van der Waals surface area contributed by atoms with Crippen molar-refractivity contribution in [1.29, 1.82) is 5.26 Å². The Bertz CT molecular complexity index is 654. The summed E-state index contributed by atoms with van der Waals surface area (Å²) in [6.07, 6.45) is -0.548. The Balaban J connectivity index is 2.31. The molecule has 2 unspecified atom stereocenters. The standard InChI is InChI=1S/C14H18N2O4S/c1-10-6-12(5-4-11(10)7-15)21(17,18)16-8-13(19-2)14(9-16)20-3/h4-6,13-14H,8-9H2,1-3H3. The molecular formula is C14H18N2O4S. The van der Waals surface area contributed by atoms with Crippen LogP contribution in [0.2, 0.25) is 0 Å². The van der Waals surface area contributed by atoms with Crippen LogP contribution in [0.3, 0.4) is 0 Å². The van der Waals surface area contributed by atoms with Gasteiger partial charge in [0, 0.05) is 27.3 Å². The maximum atomic E-state index is 12.6. The largest absolute Gasteiger partial charge is 0.377 e. The molecule has 114 valence electrons. The van der Waals surface area contributed by atoms with Gasteiger partial charge in [-0.25, -0.2) is 8.42 Å². The number of rotatable bonds is 4. The lowest BCUT2D eigenvalue weighted by Gasteiger charge is -2.16. The van der Waals surface area contributed by atoms with Crippen molar-refractivity contribution in [2.45, 2.75) is 24.0 Å². The molecule has 2 atom stereocenters. The maximum absolute atomic E-state index is 12.6. The average molecular weight is 310 g/mol. The Morgan fingerprint density at radius 1 is 1.24 bits per heavy atom. The second-order valence-electron chi connectivity index (χ2n) is 4.96. The lowest BCUT2D eigenvalue weighted by Crippen LogP contribution is -2.30. The van der Waals surface area contributed by atoms with Crippen LogP contribution in [-0.2, 0) is 19.5 Å². The predicted molar refractivity (Wildman–Crippen MR) is 76.2 cm³/mol. The van der Waals surface area contributed by atoms with Crippen LogP contribution in [-0.4, -0.2) is 52.2 Å². The Kier molecular flexibility index (Phi) is 4.64. The fourth-order valence-corrected chi connectivity index (χ4v) is 3.98. The van der Waals surface area contributed by atoms with E-state index in [4.69, 9.17) is 14.7 Å². The number of ether oxygens (including phenoxy) is 2. The third-order valence-corrected chi connectivity index (χ3v) is 5.57. The van der Waals surface area contributed by atoms with Gasteiger partial charge in [0.1, 0.15) is 0 Å². The van der Waals surface area contributed by atoms with Gasteiger partial charge in [0.2, 0.25) is 10.0 Å². The van der Waals surface area contributed by atoms with Crippen LogP contribution in [0.5, 0.6) is 0 Å². The van der Waals surface area contributed by atoms with E-state index >= 15 is 0 Å². The van der Waals surface area contributed by atoms with Crippen molar-refractivity contribution in [3.63, 3.8) is 0 Å². The number of aryl methyl sites for hydroxylation is 1. The quantitative estimate of drug-likeness (QED) is 0.825. The van der Waals surface area contributed by atoms with E-state index < -0.39 is 10.0 Å². The van der Waals surface area contributed by atoms with Crippen molar-refractivity contribution in [2.24, 2.45) is 0 Å². The van der Waals surface area contributed by atoms with Gasteiger partial charge in [0.15, 0.2) is 0 Å². The normalized spacial score (nSPS) is 23.1. The molecule has 0 aliphatic carbocycles. The van der Waals surface area contributed by atoms with Crippen molar-refractivity contribution in [3.05, 3.63) is 29.3 Å². The number of sulfonamides is 1. The number of hydrogen-bond donors (Lipinski definition) is 0. The summed E-state index contributed by atoms with van der Waals surface area (Å²) in [6.45, 7) is 2.24. The van der Waals surface area contributed by atoms with Gasteiger partial charge in [-0.1, -0.05) is 0 Å². The van der Waals surface area contributed by atoms with Gasteiger partial charge in [-0.05, 0) is 30.7 Å². The molecule has 1 fully saturated rings. The minimum absolute atomic E-state index is 0.186. The summed E-state index contributed by atoms with van der Waals surface area (Å²) < 4.78 is 37.2. The molecule has 0 aromatic heterocycles. The zero-order chi connectivity index (χ0) is 15.6. The third-order valence-electron chi connectivity index (χ3n) is 3.74. The van der Waals surface area contributed by atoms with E-state index in [0.29, 0.717) is 11.1 Å². The van der Waals surface area contributed by atoms with Crippen molar-refractivity contribution < 1.29 is 17.9 Å². The number of nitriles is 1. The van der Waals surface area contributed by atoms with E-state index in [1.165, 1.54) is 22.5 Å². The summed E-state index contributed by atoms with van der Waals surface area (Å²) in [5.41, 5.74) is 1.12. The second kappa shape index (κ2) is 6.12. The fraction of sp³-hybridized carbons (Fsp3) is 0.500. The lowest BCUT2D eigenvalue weighted by molar-refractivity contribution is -0.00461. The molecule has 6 nitrogen and oxygen atoms in total. The molecule has 1 heterocycles. The van der Waals surface area contributed by atoms with Gasteiger partial charge in [-0.3, -0.25) is 0 Å². The summed E-state index contributed by atoms with van der Waals surface area (Å²) in [5, 5.41) is 8.91. The highest BCUT2D eigenvalue weighted by Crippen LogP contribution is 2.25. The second-order valence-corrected chi connectivity index (χ2v) is 6.90. The molecule has 0 amide bonds. The zero-order valence-corrected chi connectivity index (χ0v) is 13.1. The van der Waals surface area contributed by atoms with Crippen LogP contribution >= 0.6 is 0 Å². The van der Waals surface area contributed by atoms with E-state index in [9.17, 15) is 8.42 Å². The number of benzene rings is 1. The summed E-state index contributed by atoms with van der Waals surface area (Å²) in [5.74, 6) is 0. The number of methoxy groups -OCH3 is 2. The van der Waals surface area contributed by atoms with Crippen molar-refractivity contribution in [1.82, 2.24) is 4.31 Å². The third kappa shape index (κ3) is 2.94. The minimum Gasteiger partial charge on any atom is -0.377 e. The Labute approximate surface area is 124 Å². The summed E-state index contributed by atoms with van der Waals surface area (Å²) >= 11 is 0. The molecule has 1 aliphatic rings. The van der Waals surface area contributed by atoms with Gasteiger partial charge in [-0.2, -0.15) is 9.57 Å². The van der Waals surface area contributed by atoms with Gasteiger partial charge < -0.3 is 9.47 Å². The van der Waals surface area contributed by atoms with E-state index in [-0.39, 0.29) is 30.2 Å². The molecule has 0 bridgehead atoms. The highest BCUT2D eigenvalue weighted by Gasteiger charge is 2.39. The van der Waals surface area contributed by atoms with Crippen molar-refractivity contribution in [3.8, 4) is 6.07 Å². The monoisotopic (exact) mass is 310 g/mol. The molecular weight excluding hydrogens is 292 g/mol. The first-order valence-corrected chi connectivity index (χ1v) is 7.94. The summed E-state index contributed by atoms with van der Waals surface area (Å²) in [6, 6.07) is 6.54. The van der Waals surface area contributed by atoms with Gasteiger partial charge in [0.25, 0.3) is 0 Å². The summed E-state index contributed by atoms with van der Waals surface area (Å²) in [7, 11) is -0.528. The molecule has 21 heavy (non-hydrogen) atoms. The zero-order valence-electron chi connectivity index (χ0n) is 12.2. The van der Waals surface area contributed by atoms with E-state index in [1.54, 1.807) is 21.1 Å². The topological polar surface area (TPSA) is 79.6 Å². The number of hydrogen-bond acceptors (Lipinski definition) is 5. The fourth-order valence-electron chi connectivity index (χ4n) is 2.43. The molecule has 2 rings (SSSR count). The molecule has 1 aromatic carbocycles. The minimum atomic E-state index is -3.61. The summed E-state index contributed by atoms with van der Waals surface area (Å²) in [4.78, 5) is 0.186. The van der Waals surface area contributed by atoms with E-state index in [2.05, 4.69) is 0 Å². The first kappa shape index (κ1) is 15.9. The molecule has 1 aromatic rings. The van der Waals surface area contributed by atoms with Crippen molar-refractivity contribution >= 4 is 10.0 Å². The van der Waals surface area contributed by atoms with Gasteiger partial charge in [0.05, 0.1) is 28.7 Å². The lowest BCUT2D eigenvalue weighted by atomic mass is 10.1. The van der Waals surface area contributed by atoms with Crippen LogP contribution in [0.1, 0.15) is 11.1 Å². The highest BCUT2D eigenvalue weighted by molar-refractivity contribution is 7.89. The van der Waals surface area contributed by atoms with Gasteiger partial charge >= 0.3 is 0 Å². The Morgan fingerprint density at radius 3 is 2.24 bits per heavy atom. The molecule has 0 radical (unpaired) electrons. The van der Waals surface area contributed by atoms with Crippen molar-refractivity contribution in [2.75, 3.05) is 27.3 Å².